The maximum atomic E-state index is 5.33. The van der Waals surface area contributed by atoms with E-state index >= 15 is 0 Å². The van der Waals surface area contributed by atoms with Crippen LogP contribution in [0.4, 0.5) is 0 Å². The normalized spacial score (nSPS) is 10.9. The number of aryl methyl sites for hydroxylation is 1. The third-order valence-corrected chi connectivity index (χ3v) is 5.30. The largest absolute Gasteiger partial charge is 0.462 e. The zero-order chi connectivity index (χ0) is 12.4. The summed E-state index contributed by atoms with van der Waals surface area (Å²) in [6.07, 6.45) is 1.67. The van der Waals surface area contributed by atoms with Gasteiger partial charge in [0.05, 0.1) is 12.0 Å². The minimum Gasteiger partial charge on any atom is -0.462 e. The fraction of sp³-hybridized carbons (Fsp3) is 0.167. The van der Waals surface area contributed by atoms with Crippen LogP contribution in [0.1, 0.15) is 11.4 Å². The van der Waals surface area contributed by atoms with Crippen molar-refractivity contribution >= 4 is 34.4 Å². The van der Waals surface area contributed by atoms with E-state index in [-0.39, 0.29) is 0 Å². The van der Waals surface area contributed by atoms with Gasteiger partial charge in [0, 0.05) is 22.2 Å². The van der Waals surface area contributed by atoms with Crippen molar-refractivity contribution in [1.29, 1.82) is 0 Å². The van der Waals surface area contributed by atoms with E-state index in [1.807, 2.05) is 19.1 Å². The molecule has 0 N–H and O–H groups in total. The molecule has 0 aliphatic carbocycles. The Kier molecular flexibility index (Phi) is 3.49. The van der Waals surface area contributed by atoms with Gasteiger partial charge >= 0.3 is 0 Å². The first kappa shape index (κ1) is 12.0. The van der Waals surface area contributed by atoms with E-state index in [0.717, 1.165) is 32.2 Å². The standard InChI is InChI=1S/C12H10N2OS3/c1-8-5-17-12(13-8)18-7-9-6-16-11(14-9)10-3-2-4-15-10/h2-6H,7H2,1H3. The van der Waals surface area contributed by atoms with Crippen LogP contribution in [0.2, 0.25) is 0 Å². The molecular weight excluding hydrogens is 284 g/mol. The van der Waals surface area contributed by atoms with Gasteiger partial charge in [-0.15, -0.1) is 22.7 Å². The Hall–Kier alpha value is -1.11. The Morgan fingerprint density at radius 2 is 2.22 bits per heavy atom. The number of furan rings is 1. The quantitative estimate of drug-likeness (QED) is 0.666. The van der Waals surface area contributed by atoms with Crippen molar-refractivity contribution < 1.29 is 4.42 Å². The summed E-state index contributed by atoms with van der Waals surface area (Å²) >= 11 is 5.02. The molecule has 3 heterocycles. The topological polar surface area (TPSA) is 38.9 Å². The van der Waals surface area contributed by atoms with Gasteiger partial charge in [-0.3, -0.25) is 0 Å². The van der Waals surface area contributed by atoms with Crippen molar-refractivity contribution in [2.45, 2.75) is 17.0 Å². The van der Waals surface area contributed by atoms with Crippen molar-refractivity contribution in [1.82, 2.24) is 9.97 Å². The summed E-state index contributed by atoms with van der Waals surface area (Å²) in [5, 5.41) is 5.08. The van der Waals surface area contributed by atoms with E-state index in [1.165, 1.54) is 0 Å². The first-order chi connectivity index (χ1) is 8.81. The van der Waals surface area contributed by atoms with E-state index in [4.69, 9.17) is 4.42 Å². The highest BCUT2D eigenvalue weighted by Gasteiger charge is 2.08. The van der Waals surface area contributed by atoms with Crippen LogP contribution in [0.25, 0.3) is 10.8 Å². The predicted octanol–water partition coefficient (Wildman–Crippen LogP) is 4.46. The second kappa shape index (κ2) is 5.26. The molecule has 92 valence electrons. The summed E-state index contributed by atoms with van der Waals surface area (Å²) in [6, 6.07) is 3.81. The van der Waals surface area contributed by atoms with Crippen LogP contribution in [0.3, 0.4) is 0 Å². The summed E-state index contributed by atoms with van der Waals surface area (Å²) < 4.78 is 6.43. The van der Waals surface area contributed by atoms with Crippen molar-refractivity contribution in [2.75, 3.05) is 0 Å². The summed E-state index contributed by atoms with van der Waals surface area (Å²) in [7, 11) is 0. The second-order valence-electron chi connectivity index (χ2n) is 3.66. The molecule has 3 aromatic heterocycles. The van der Waals surface area contributed by atoms with Crippen molar-refractivity contribution in [2.24, 2.45) is 0 Å². The zero-order valence-corrected chi connectivity index (χ0v) is 12.1. The molecule has 0 aliphatic heterocycles. The molecule has 3 aromatic rings. The SMILES string of the molecule is Cc1csc(SCc2csc(-c3ccco3)n2)n1. The average Bonchev–Trinajstić information content (AvgIpc) is 3.07. The molecule has 6 heteroatoms. The van der Waals surface area contributed by atoms with Gasteiger partial charge in [0.15, 0.2) is 10.8 Å². The zero-order valence-electron chi connectivity index (χ0n) is 9.62. The number of nitrogens with zero attached hydrogens (tertiary/aromatic N) is 2. The lowest BCUT2D eigenvalue weighted by atomic mass is 10.5. The summed E-state index contributed by atoms with van der Waals surface area (Å²) in [5.41, 5.74) is 2.15. The predicted molar refractivity (Wildman–Crippen MR) is 76.2 cm³/mol. The summed E-state index contributed by atoms with van der Waals surface area (Å²) in [5.74, 6) is 1.69. The first-order valence-electron chi connectivity index (χ1n) is 5.34. The van der Waals surface area contributed by atoms with Crippen LogP contribution >= 0.6 is 34.4 Å². The Morgan fingerprint density at radius 1 is 1.28 bits per heavy atom. The molecule has 18 heavy (non-hydrogen) atoms. The molecule has 0 unspecified atom stereocenters. The lowest BCUT2D eigenvalue weighted by Crippen LogP contribution is -1.81. The molecule has 3 rings (SSSR count). The molecule has 0 spiro atoms. The van der Waals surface area contributed by atoms with Crippen LogP contribution in [0.15, 0.2) is 37.9 Å². The molecule has 3 nitrogen and oxygen atoms in total. The second-order valence-corrected chi connectivity index (χ2v) is 6.60. The van der Waals surface area contributed by atoms with Crippen LogP contribution in [-0.2, 0) is 5.75 Å². The van der Waals surface area contributed by atoms with E-state index < -0.39 is 0 Å². The molecule has 0 aromatic carbocycles. The molecule has 0 saturated heterocycles. The minimum atomic E-state index is 0.835. The van der Waals surface area contributed by atoms with E-state index in [1.54, 1.807) is 40.7 Å². The maximum absolute atomic E-state index is 5.33. The number of thiazole rings is 2. The minimum absolute atomic E-state index is 0.835. The van der Waals surface area contributed by atoms with Crippen LogP contribution in [0, 0.1) is 6.92 Å². The number of thioether (sulfide) groups is 1. The molecule has 0 atom stereocenters. The van der Waals surface area contributed by atoms with E-state index in [0.29, 0.717) is 0 Å². The molecule has 0 bridgehead atoms. The number of hydrogen-bond acceptors (Lipinski definition) is 6. The molecule has 0 radical (unpaired) electrons. The van der Waals surface area contributed by atoms with Crippen LogP contribution in [0.5, 0.6) is 0 Å². The summed E-state index contributed by atoms with van der Waals surface area (Å²) in [6.45, 7) is 2.01. The Balaban J connectivity index is 1.67. The molecule has 0 saturated carbocycles. The summed E-state index contributed by atoms with van der Waals surface area (Å²) in [4.78, 5) is 8.98. The Morgan fingerprint density at radius 3 is 2.94 bits per heavy atom. The number of aromatic nitrogens is 2. The van der Waals surface area contributed by atoms with Gasteiger partial charge in [-0.25, -0.2) is 9.97 Å². The van der Waals surface area contributed by atoms with Gasteiger partial charge in [-0.2, -0.15) is 0 Å². The smallest absolute Gasteiger partial charge is 0.162 e. The Bertz CT molecular complexity index is 627. The molecular formula is C12H10N2OS3. The highest BCUT2D eigenvalue weighted by atomic mass is 32.2. The third-order valence-electron chi connectivity index (χ3n) is 2.23. The van der Waals surface area contributed by atoms with Gasteiger partial charge < -0.3 is 4.42 Å². The lowest BCUT2D eigenvalue weighted by molar-refractivity contribution is 0.581. The van der Waals surface area contributed by atoms with E-state index in [2.05, 4.69) is 20.7 Å². The maximum Gasteiger partial charge on any atom is 0.162 e. The van der Waals surface area contributed by atoms with Crippen LogP contribution < -0.4 is 0 Å². The van der Waals surface area contributed by atoms with Gasteiger partial charge in [0.25, 0.3) is 0 Å². The Labute approximate surface area is 117 Å². The monoisotopic (exact) mass is 294 g/mol. The van der Waals surface area contributed by atoms with Gasteiger partial charge in [-0.1, -0.05) is 11.8 Å². The fourth-order valence-corrected chi connectivity index (χ4v) is 4.05. The number of hydrogen-bond donors (Lipinski definition) is 0. The third kappa shape index (κ3) is 2.66. The van der Waals surface area contributed by atoms with Gasteiger partial charge in [-0.05, 0) is 19.1 Å². The highest BCUT2D eigenvalue weighted by Crippen LogP contribution is 2.29. The van der Waals surface area contributed by atoms with Crippen molar-refractivity contribution in [3.63, 3.8) is 0 Å². The lowest BCUT2D eigenvalue weighted by Gasteiger charge is -1.93. The average molecular weight is 294 g/mol. The number of rotatable bonds is 4. The van der Waals surface area contributed by atoms with Crippen molar-refractivity contribution in [3.8, 4) is 10.8 Å². The molecule has 0 aliphatic rings. The van der Waals surface area contributed by atoms with E-state index in [9.17, 15) is 0 Å². The molecule has 0 fully saturated rings. The highest BCUT2D eigenvalue weighted by molar-refractivity contribution is 8.00. The fourth-order valence-electron chi connectivity index (χ4n) is 1.42. The first-order valence-corrected chi connectivity index (χ1v) is 8.09. The van der Waals surface area contributed by atoms with Gasteiger partial charge in [0.2, 0.25) is 0 Å². The van der Waals surface area contributed by atoms with Gasteiger partial charge in [0.1, 0.15) is 4.34 Å². The van der Waals surface area contributed by atoms with Crippen molar-refractivity contribution in [3.05, 3.63) is 40.5 Å². The van der Waals surface area contributed by atoms with Crippen LogP contribution in [-0.4, -0.2) is 9.97 Å². The molecule has 0 amide bonds.